The van der Waals surface area contributed by atoms with E-state index < -0.39 is 0 Å². The second-order valence-corrected chi connectivity index (χ2v) is 14.7. The lowest BCUT2D eigenvalue weighted by molar-refractivity contribution is -0.117. The Morgan fingerprint density at radius 1 is 1.13 bits per heavy atom. The Kier molecular flexibility index (Phi) is 6.08. The van der Waals surface area contributed by atoms with Gasteiger partial charge >= 0.3 is 6.03 Å². The summed E-state index contributed by atoms with van der Waals surface area (Å²) in [6, 6.07) is 10.2. The van der Waals surface area contributed by atoms with Gasteiger partial charge in [-0.2, -0.15) is 0 Å². The van der Waals surface area contributed by atoms with Crippen molar-refractivity contribution in [2.75, 3.05) is 20.2 Å². The zero-order valence-corrected chi connectivity index (χ0v) is 26.8. The van der Waals surface area contributed by atoms with Crippen LogP contribution in [0.5, 0.6) is 5.88 Å². The number of aryl methyl sites for hydroxylation is 1. The van der Waals surface area contributed by atoms with Crippen molar-refractivity contribution in [2.24, 2.45) is 17.1 Å². The molecular formula is C35H42N8O3. The quantitative estimate of drug-likeness (QED) is 0.310. The minimum Gasteiger partial charge on any atom is -0.482 e. The number of nitrogens with two attached hydrogens (primary N) is 1. The molecule has 6 fully saturated rings. The van der Waals surface area contributed by atoms with Crippen LogP contribution >= 0.6 is 0 Å². The highest BCUT2D eigenvalue weighted by atomic mass is 16.5. The smallest absolute Gasteiger partial charge is 0.317 e. The number of hydrogen-bond donors (Lipinski definition) is 2. The number of aromatic nitrogens is 4. The molecule has 4 bridgehead atoms. The van der Waals surface area contributed by atoms with E-state index in [-0.39, 0.29) is 36.1 Å². The normalized spacial score (nSPS) is 28.3. The average molecular weight is 623 g/mol. The van der Waals surface area contributed by atoms with E-state index in [0.717, 1.165) is 85.0 Å². The molecule has 4 aromatic heterocycles. The fourth-order valence-corrected chi connectivity index (χ4v) is 9.09. The summed E-state index contributed by atoms with van der Waals surface area (Å²) in [6.45, 7) is 6.58. The van der Waals surface area contributed by atoms with Crippen LogP contribution in [0.15, 0.2) is 30.3 Å². The summed E-state index contributed by atoms with van der Waals surface area (Å²) in [5.41, 5.74) is 12.5. The summed E-state index contributed by atoms with van der Waals surface area (Å²) in [5, 5.41) is 4.18. The Morgan fingerprint density at radius 2 is 1.93 bits per heavy atom. The fourth-order valence-electron chi connectivity index (χ4n) is 9.09. The van der Waals surface area contributed by atoms with E-state index in [9.17, 15) is 9.59 Å². The standard InChI is InChI=1S/C35H42N8O3/c1-19(37-34(45)40-9-4-10-40)26-7-5-22-11-28(41(32(22)38-26)18-35-15-21(16-35)17-35)31-20(2)42-29(39-31)12-23(13-30(42)46-3)33(44)43-24-6-8-27(43)25(36)14-24/h5,7,11-13,19,21,24-25,27H,4,6,8-10,14-18,36H2,1-3H3,(H,37,45)/t19-,21?,24+,25-,27-,35?/m1/s1. The van der Waals surface area contributed by atoms with Crippen molar-refractivity contribution < 1.29 is 14.3 Å². The van der Waals surface area contributed by atoms with Gasteiger partial charge in [0, 0.05) is 54.8 Å². The third-order valence-corrected chi connectivity index (χ3v) is 11.8. The second kappa shape index (κ2) is 9.94. The van der Waals surface area contributed by atoms with Gasteiger partial charge in [0.15, 0.2) is 5.88 Å². The predicted molar refractivity (Wildman–Crippen MR) is 174 cm³/mol. The van der Waals surface area contributed by atoms with E-state index in [1.54, 1.807) is 7.11 Å². The summed E-state index contributed by atoms with van der Waals surface area (Å²) < 4.78 is 10.2. The first-order valence-electron chi connectivity index (χ1n) is 16.9. The largest absolute Gasteiger partial charge is 0.482 e. The minimum atomic E-state index is -0.211. The van der Waals surface area contributed by atoms with E-state index in [1.807, 2.05) is 39.3 Å². The summed E-state index contributed by atoms with van der Waals surface area (Å²) >= 11 is 0. The zero-order chi connectivity index (χ0) is 31.5. The van der Waals surface area contributed by atoms with Gasteiger partial charge in [0.25, 0.3) is 5.91 Å². The number of hydrogen-bond acceptors (Lipinski definition) is 6. The van der Waals surface area contributed by atoms with Gasteiger partial charge in [0.2, 0.25) is 0 Å². The molecule has 4 atom stereocenters. The molecule has 3 N–H and O–H groups in total. The number of carbonyl (C=O) groups is 2. The molecule has 7 heterocycles. The molecule has 240 valence electrons. The number of urea groups is 1. The molecule has 0 aromatic carbocycles. The molecule has 10 rings (SSSR count). The van der Waals surface area contributed by atoms with Gasteiger partial charge in [0.1, 0.15) is 17.0 Å². The number of nitrogens with zero attached hydrogens (tertiary/aromatic N) is 6. The van der Waals surface area contributed by atoms with Gasteiger partial charge in [-0.05, 0) is 94.4 Å². The van der Waals surface area contributed by atoms with Gasteiger partial charge in [-0.3, -0.25) is 9.20 Å². The van der Waals surface area contributed by atoms with Gasteiger partial charge in [-0.25, -0.2) is 14.8 Å². The van der Waals surface area contributed by atoms with Crippen LogP contribution in [0, 0.1) is 18.3 Å². The molecule has 4 aromatic rings. The van der Waals surface area contributed by atoms with E-state index >= 15 is 0 Å². The number of methoxy groups -OCH3 is 1. The number of amides is 3. The molecule has 6 aliphatic rings. The van der Waals surface area contributed by atoms with Crippen LogP contribution < -0.4 is 15.8 Å². The first kappa shape index (κ1) is 28.1. The monoisotopic (exact) mass is 622 g/mol. The highest BCUT2D eigenvalue weighted by molar-refractivity contribution is 5.97. The van der Waals surface area contributed by atoms with E-state index in [2.05, 4.69) is 28.9 Å². The lowest BCUT2D eigenvalue weighted by Crippen LogP contribution is -2.54. The summed E-state index contributed by atoms with van der Waals surface area (Å²) in [6.07, 6.45) is 7.70. The van der Waals surface area contributed by atoms with Crippen LogP contribution in [0.3, 0.4) is 0 Å². The van der Waals surface area contributed by atoms with Crippen LogP contribution in [0.1, 0.15) is 79.7 Å². The molecule has 3 saturated heterocycles. The molecule has 11 nitrogen and oxygen atoms in total. The molecular weight excluding hydrogens is 580 g/mol. The topological polar surface area (TPSA) is 123 Å². The van der Waals surface area contributed by atoms with Crippen molar-refractivity contribution in [1.82, 2.24) is 34.1 Å². The lowest BCUT2D eigenvalue weighted by atomic mass is 9.44. The SMILES string of the molecule is COc1cc(C(=O)N2[C@H]3CC[C@@H]2[C@H](N)C3)cc2nc(-c3cc4ccc([C@@H](C)NC(=O)N5CCC5)nc4n3CC34CC(C3)C4)c(C)n12. The molecule has 46 heavy (non-hydrogen) atoms. The maximum atomic E-state index is 13.8. The maximum absolute atomic E-state index is 13.8. The Balaban J connectivity index is 1.12. The molecule has 11 heteroatoms. The highest BCUT2D eigenvalue weighted by Gasteiger charge is 2.56. The first-order valence-corrected chi connectivity index (χ1v) is 16.9. The summed E-state index contributed by atoms with van der Waals surface area (Å²) in [5.74, 6) is 1.46. The van der Waals surface area contributed by atoms with Crippen LogP contribution in [0.2, 0.25) is 0 Å². The Labute approximate surface area is 268 Å². The van der Waals surface area contributed by atoms with Crippen LogP contribution in [-0.2, 0) is 6.54 Å². The number of ether oxygens (including phenoxy) is 1. The number of rotatable bonds is 7. The molecule has 3 amide bonds. The van der Waals surface area contributed by atoms with Crippen molar-refractivity contribution in [3.05, 3.63) is 47.3 Å². The fraction of sp³-hybridized carbons (Fsp3) is 0.543. The number of carbonyl (C=O) groups excluding carboxylic acids is 2. The van der Waals surface area contributed by atoms with Crippen molar-refractivity contribution in [3.63, 3.8) is 0 Å². The molecule has 0 spiro atoms. The Hall–Kier alpha value is -4.12. The number of nitrogens with one attached hydrogen (secondary N) is 1. The van der Waals surface area contributed by atoms with Crippen molar-refractivity contribution in [1.29, 1.82) is 0 Å². The van der Waals surface area contributed by atoms with Gasteiger partial charge in [-0.1, -0.05) is 0 Å². The maximum Gasteiger partial charge on any atom is 0.317 e. The summed E-state index contributed by atoms with van der Waals surface area (Å²) in [4.78, 5) is 40.7. The lowest BCUT2D eigenvalue weighted by Gasteiger charge is -2.62. The summed E-state index contributed by atoms with van der Waals surface area (Å²) in [7, 11) is 1.64. The average Bonchev–Trinajstić information content (AvgIpc) is 3.71. The van der Waals surface area contributed by atoms with Crippen molar-refractivity contribution in [3.8, 4) is 17.3 Å². The third-order valence-electron chi connectivity index (χ3n) is 11.8. The van der Waals surface area contributed by atoms with Crippen molar-refractivity contribution in [2.45, 2.75) is 89.5 Å². The second-order valence-electron chi connectivity index (χ2n) is 14.7. The number of imidazole rings is 1. The first-order chi connectivity index (χ1) is 22.2. The number of pyridine rings is 2. The van der Waals surface area contributed by atoms with Gasteiger partial charge in [-0.15, -0.1) is 0 Å². The highest BCUT2D eigenvalue weighted by Crippen LogP contribution is 2.65. The zero-order valence-electron chi connectivity index (χ0n) is 26.8. The number of fused-ring (bicyclic) bond motifs is 4. The van der Waals surface area contributed by atoms with Crippen LogP contribution in [0.25, 0.3) is 28.1 Å². The van der Waals surface area contributed by atoms with Gasteiger partial charge in [0.05, 0.1) is 30.2 Å². The van der Waals surface area contributed by atoms with Gasteiger partial charge < -0.3 is 30.2 Å². The van der Waals surface area contributed by atoms with E-state index in [0.29, 0.717) is 22.5 Å². The number of likely N-dealkylation sites (tertiary alicyclic amines) is 1. The molecule has 0 radical (unpaired) electrons. The molecule has 3 aliphatic heterocycles. The predicted octanol–water partition coefficient (Wildman–Crippen LogP) is 4.65. The minimum absolute atomic E-state index is 0.00763. The van der Waals surface area contributed by atoms with Crippen LogP contribution in [-0.4, -0.2) is 79.0 Å². The molecule has 3 aliphatic carbocycles. The van der Waals surface area contributed by atoms with Crippen LogP contribution in [0.4, 0.5) is 4.79 Å². The molecule has 3 saturated carbocycles. The van der Waals surface area contributed by atoms with E-state index in [4.69, 9.17) is 20.4 Å². The molecule has 0 unspecified atom stereocenters. The van der Waals surface area contributed by atoms with Crippen molar-refractivity contribution >= 4 is 28.6 Å². The third kappa shape index (κ3) is 4.06. The Bertz CT molecular complexity index is 1910. The van der Waals surface area contributed by atoms with E-state index in [1.165, 1.54) is 19.3 Å². The Morgan fingerprint density at radius 3 is 2.57 bits per heavy atom.